The first-order valence-corrected chi connectivity index (χ1v) is 9.84. The van der Waals surface area contributed by atoms with Gasteiger partial charge < -0.3 is 10.1 Å². The van der Waals surface area contributed by atoms with Crippen LogP contribution in [0.5, 0.6) is 0 Å². The van der Waals surface area contributed by atoms with Crippen LogP contribution in [0.15, 0.2) is 53.4 Å². The number of nitro groups is 1. The Kier molecular flexibility index (Phi) is 8.28. The van der Waals surface area contributed by atoms with Gasteiger partial charge in [-0.15, -0.1) is 0 Å². The second kappa shape index (κ2) is 10.7. The summed E-state index contributed by atoms with van der Waals surface area (Å²) in [5, 5.41) is 14.0. The molecule has 0 radical (unpaired) electrons. The predicted octanol–water partition coefficient (Wildman–Crippen LogP) is 4.72. The molecule has 0 aromatic heterocycles. The lowest BCUT2D eigenvalue weighted by Gasteiger charge is -2.19. The van der Waals surface area contributed by atoms with Crippen molar-refractivity contribution in [1.82, 2.24) is 5.32 Å². The molecule has 0 aliphatic carbocycles. The van der Waals surface area contributed by atoms with Crippen LogP contribution >= 0.6 is 11.8 Å². The van der Waals surface area contributed by atoms with Crippen molar-refractivity contribution in [3.8, 4) is 0 Å². The number of carbonyl (C=O) groups excluding carboxylic acids is 2. The Hall–Kier alpha value is -3.01. The second-order valence-corrected chi connectivity index (χ2v) is 7.55. The minimum atomic E-state index is -2.58. The number of para-hydroxylation sites is 1. The number of thioether (sulfide) groups is 1. The fraction of sp³-hybridized carbons (Fsp3) is 0.300. The van der Waals surface area contributed by atoms with Crippen LogP contribution in [-0.2, 0) is 9.53 Å². The maximum atomic E-state index is 12.7. The summed E-state index contributed by atoms with van der Waals surface area (Å²) < 4.78 is 30.0. The number of nitrogens with one attached hydrogen (secondary N) is 1. The van der Waals surface area contributed by atoms with Crippen molar-refractivity contribution in [3.05, 3.63) is 69.8 Å². The third-order valence-electron chi connectivity index (χ3n) is 3.89. The summed E-state index contributed by atoms with van der Waals surface area (Å²) in [5.74, 6) is -3.82. The summed E-state index contributed by atoms with van der Waals surface area (Å²) in [4.78, 5) is 35.9. The SMILES string of the molecule is CC(C)OC(=O)CC(NC(=O)c1ccc(SC(F)F)cc1)c1ccccc1[N+](=O)[O-]. The molecule has 1 N–H and O–H groups in total. The van der Waals surface area contributed by atoms with Crippen molar-refractivity contribution in [3.63, 3.8) is 0 Å². The van der Waals surface area contributed by atoms with Crippen LogP contribution in [0.25, 0.3) is 0 Å². The smallest absolute Gasteiger partial charge is 0.308 e. The van der Waals surface area contributed by atoms with Crippen LogP contribution in [0.2, 0.25) is 0 Å². The summed E-state index contributed by atoms with van der Waals surface area (Å²) in [5.41, 5.74) is 0.0692. The highest BCUT2D eigenvalue weighted by molar-refractivity contribution is 7.99. The van der Waals surface area contributed by atoms with E-state index in [0.717, 1.165) is 0 Å². The van der Waals surface area contributed by atoms with Gasteiger partial charge in [-0.05, 0) is 38.1 Å². The average Bonchev–Trinajstić information content (AvgIpc) is 2.66. The highest BCUT2D eigenvalue weighted by atomic mass is 32.2. The molecule has 0 spiro atoms. The van der Waals surface area contributed by atoms with Crippen molar-refractivity contribution < 1.29 is 28.0 Å². The van der Waals surface area contributed by atoms with Crippen LogP contribution in [-0.4, -0.2) is 28.7 Å². The van der Waals surface area contributed by atoms with E-state index >= 15 is 0 Å². The molecule has 1 unspecified atom stereocenters. The Morgan fingerprint density at radius 1 is 1.13 bits per heavy atom. The van der Waals surface area contributed by atoms with E-state index in [4.69, 9.17) is 4.74 Å². The monoisotopic (exact) mass is 438 g/mol. The van der Waals surface area contributed by atoms with Gasteiger partial charge in [0, 0.05) is 16.5 Å². The molecule has 0 fully saturated rings. The molecule has 0 bridgehead atoms. The highest BCUT2D eigenvalue weighted by Crippen LogP contribution is 2.29. The third kappa shape index (κ3) is 6.80. The molecule has 2 rings (SSSR count). The van der Waals surface area contributed by atoms with E-state index in [2.05, 4.69) is 5.32 Å². The molecule has 0 aliphatic heterocycles. The van der Waals surface area contributed by atoms with Gasteiger partial charge in [0.25, 0.3) is 17.4 Å². The van der Waals surface area contributed by atoms with Gasteiger partial charge in [-0.2, -0.15) is 8.78 Å². The zero-order valence-corrected chi connectivity index (χ0v) is 17.0. The van der Waals surface area contributed by atoms with E-state index in [1.54, 1.807) is 19.9 Å². The summed E-state index contributed by atoms with van der Waals surface area (Å²) in [6, 6.07) is 10.2. The number of rotatable bonds is 9. The van der Waals surface area contributed by atoms with Crippen LogP contribution in [0.1, 0.15) is 42.2 Å². The Labute approximate surface area is 176 Å². The number of hydrogen-bond acceptors (Lipinski definition) is 6. The van der Waals surface area contributed by atoms with Crippen molar-refractivity contribution in [2.45, 2.75) is 43.1 Å². The molecule has 0 saturated heterocycles. The molecule has 7 nitrogen and oxygen atoms in total. The lowest BCUT2D eigenvalue weighted by molar-refractivity contribution is -0.385. The van der Waals surface area contributed by atoms with E-state index in [-0.39, 0.29) is 34.2 Å². The number of halogens is 2. The zero-order chi connectivity index (χ0) is 22.3. The maximum Gasteiger partial charge on any atom is 0.308 e. The Balaban J connectivity index is 2.27. The minimum absolute atomic E-state index is 0.154. The molecule has 10 heteroatoms. The van der Waals surface area contributed by atoms with Crippen LogP contribution in [0, 0.1) is 10.1 Å². The summed E-state index contributed by atoms with van der Waals surface area (Å²) in [7, 11) is 0. The fourth-order valence-electron chi connectivity index (χ4n) is 2.69. The third-order valence-corrected chi connectivity index (χ3v) is 4.62. The Morgan fingerprint density at radius 2 is 1.77 bits per heavy atom. The fourth-order valence-corrected chi connectivity index (χ4v) is 3.19. The number of amides is 1. The second-order valence-electron chi connectivity index (χ2n) is 6.49. The van der Waals surface area contributed by atoms with Gasteiger partial charge in [-0.3, -0.25) is 19.7 Å². The van der Waals surface area contributed by atoms with Crippen LogP contribution in [0.3, 0.4) is 0 Å². The van der Waals surface area contributed by atoms with Gasteiger partial charge in [0.2, 0.25) is 0 Å². The minimum Gasteiger partial charge on any atom is -0.463 e. The van der Waals surface area contributed by atoms with Crippen molar-refractivity contribution >= 4 is 29.3 Å². The molecule has 2 aromatic carbocycles. The molecule has 0 heterocycles. The first-order valence-electron chi connectivity index (χ1n) is 8.96. The summed E-state index contributed by atoms with van der Waals surface area (Å²) in [6.07, 6.45) is -0.701. The summed E-state index contributed by atoms with van der Waals surface area (Å²) >= 11 is 0.348. The lowest BCUT2D eigenvalue weighted by atomic mass is 10.0. The van der Waals surface area contributed by atoms with E-state index < -0.39 is 28.6 Å². The number of nitro benzene ring substituents is 1. The Morgan fingerprint density at radius 3 is 2.33 bits per heavy atom. The largest absolute Gasteiger partial charge is 0.463 e. The maximum absolute atomic E-state index is 12.7. The number of benzene rings is 2. The standard InChI is InChI=1S/C20H20F2N2O5S/c1-12(2)29-18(25)11-16(15-5-3-4-6-17(15)24(27)28)23-19(26)13-7-9-14(10-8-13)30-20(21)22/h3-10,12,16,20H,11H2,1-2H3,(H,23,26). The Bertz CT molecular complexity index is 906. The lowest BCUT2D eigenvalue weighted by Crippen LogP contribution is -2.31. The number of nitrogens with zero attached hydrogens (tertiary/aromatic N) is 1. The number of hydrogen-bond donors (Lipinski definition) is 1. The van der Waals surface area contributed by atoms with Gasteiger partial charge in [-0.1, -0.05) is 30.0 Å². The van der Waals surface area contributed by atoms with E-state index in [1.165, 1.54) is 42.5 Å². The van der Waals surface area contributed by atoms with Crippen molar-refractivity contribution in [2.75, 3.05) is 0 Å². The van der Waals surface area contributed by atoms with Gasteiger partial charge in [0.05, 0.1) is 29.1 Å². The van der Waals surface area contributed by atoms with Gasteiger partial charge in [-0.25, -0.2) is 0 Å². The van der Waals surface area contributed by atoms with E-state index in [0.29, 0.717) is 11.8 Å². The molecule has 1 amide bonds. The topological polar surface area (TPSA) is 98.5 Å². The molecule has 1 atom stereocenters. The van der Waals surface area contributed by atoms with E-state index in [9.17, 15) is 28.5 Å². The van der Waals surface area contributed by atoms with Gasteiger partial charge in [0.15, 0.2) is 0 Å². The van der Waals surface area contributed by atoms with Gasteiger partial charge in [0.1, 0.15) is 0 Å². The van der Waals surface area contributed by atoms with E-state index in [1.807, 2.05) is 0 Å². The highest BCUT2D eigenvalue weighted by Gasteiger charge is 2.27. The molecule has 30 heavy (non-hydrogen) atoms. The molecular formula is C20H20F2N2O5S. The predicted molar refractivity (Wildman–Crippen MR) is 107 cm³/mol. The molecule has 2 aromatic rings. The van der Waals surface area contributed by atoms with Gasteiger partial charge >= 0.3 is 5.97 Å². The zero-order valence-electron chi connectivity index (χ0n) is 16.2. The van der Waals surface area contributed by atoms with Crippen molar-refractivity contribution in [2.24, 2.45) is 0 Å². The van der Waals surface area contributed by atoms with Crippen molar-refractivity contribution in [1.29, 1.82) is 0 Å². The number of carbonyl (C=O) groups is 2. The number of esters is 1. The molecule has 0 saturated carbocycles. The molecular weight excluding hydrogens is 418 g/mol. The van der Waals surface area contributed by atoms with Crippen LogP contribution in [0.4, 0.5) is 14.5 Å². The normalized spacial score (nSPS) is 11.9. The number of alkyl halides is 2. The first kappa shape index (κ1) is 23.3. The average molecular weight is 438 g/mol. The summed E-state index contributed by atoms with van der Waals surface area (Å²) in [6.45, 7) is 3.32. The number of ether oxygens (including phenoxy) is 1. The quantitative estimate of drug-likeness (QED) is 0.263. The van der Waals surface area contributed by atoms with Crippen LogP contribution < -0.4 is 5.32 Å². The molecule has 160 valence electrons. The first-order chi connectivity index (χ1) is 14.2. The molecule has 0 aliphatic rings.